The molecule has 1 aliphatic heterocycles. The first-order chi connectivity index (χ1) is 8.49. The quantitative estimate of drug-likeness (QED) is 0.783. The van der Waals surface area contributed by atoms with Crippen molar-refractivity contribution in [2.24, 2.45) is 7.05 Å². The normalized spacial score (nSPS) is 20.9. The average Bonchev–Trinajstić information content (AvgIpc) is 2.53. The lowest BCUT2D eigenvalue weighted by Gasteiger charge is -2.30. The Labute approximate surface area is 107 Å². The van der Waals surface area contributed by atoms with Gasteiger partial charge in [-0.15, -0.1) is 0 Å². The van der Waals surface area contributed by atoms with Crippen LogP contribution in [0.5, 0.6) is 0 Å². The van der Waals surface area contributed by atoms with Gasteiger partial charge in [-0.05, 0) is 33.4 Å². The van der Waals surface area contributed by atoms with Crippen LogP contribution in [0, 0.1) is 6.92 Å². The summed E-state index contributed by atoms with van der Waals surface area (Å²) >= 11 is 0. The van der Waals surface area contributed by atoms with Crippen LogP contribution >= 0.6 is 0 Å². The molecule has 1 aromatic rings. The third-order valence-electron chi connectivity index (χ3n) is 3.44. The summed E-state index contributed by atoms with van der Waals surface area (Å²) in [4.78, 5) is 14.4. The monoisotopic (exact) mass is 251 g/mol. The molecule has 6 nitrogen and oxygen atoms in total. The van der Waals surface area contributed by atoms with E-state index in [1.807, 2.05) is 0 Å². The molecule has 2 heterocycles. The van der Waals surface area contributed by atoms with Crippen molar-refractivity contribution in [2.45, 2.75) is 25.8 Å². The molecule has 1 saturated heterocycles. The summed E-state index contributed by atoms with van der Waals surface area (Å²) in [5.41, 5.74) is 7.51. The summed E-state index contributed by atoms with van der Waals surface area (Å²) in [5, 5.41) is 7.20. The number of amides is 1. The number of aromatic nitrogens is 2. The standard InChI is InChI=1S/C12H21N5O/c1-8-10(13)11(17(3)15-8)12(18)14-9-5-4-6-16(2)7-9/h9H,4-7,13H2,1-3H3,(H,14,18). The molecular formula is C12H21N5O. The van der Waals surface area contributed by atoms with E-state index in [2.05, 4.69) is 22.4 Å². The summed E-state index contributed by atoms with van der Waals surface area (Å²) < 4.78 is 1.55. The Morgan fingerprint density at radius 3 is 2.78 bits per heavy atom. The highest BCUT2D eigenvalue weighted by Gasteiger charge is 2.23. The van der Waals surface area contributed by atoms with E-state index in [-0.39, 0.29) is 11.9 Å². The number of likely N-dealkylation sites (tertiary alicyclic amines) is 1. The lowest BCUT2D eigenvalue weighted by atomic mass is 10.1. The number of nitrogens with zero attached hydrogens (tertiary/aromatic N) is 3. The van der Waals surface area contributed by atoms with Crippen LogP contribution < -0.4 is 11.1 Å². The van der Waals surface area contributed by atoms with Crippen LogP contribution in [-0.4, -0.2) is 46.8 Å². The average molecular weight is 251 g/mol. The minimum atomic E-state index is -0.129. The predicted octanol–water partition coefficient (Wildman–Crippen LogP) is 0.135. The molecule has 0 spiro atoms. The summed E-state index contributed by atoms with van der Waals surface area (Å²) in [6.07, 6.45) is 2.13. The highest BCUT2D eigenvalue weighted by atomic mass is 16.2. The van der Waals surface area contributed by atoms with E-state index in [0.29, 0.717) is 17.1 Å². The first-order valence-corrected chi connectivity index (χ1v) is 6.27. The minimum Gasteiger partial charge on any atom is -0.395 e. The van der Waals surface area contributed by atoms with Crippen molar-refractivity contribution in [2.75, 3.05) is 25.9 Å². The number of hydrogen-bond donors (Lipinski definition) is 2. The molecule has 0 saturated carbocycles. The molecule has 2 rings (SSSR count). The van der Waals surface area contributed by atoms with E-state index in [1.54, 1.807) is 18.7 Å². The largest absolute Gasteiger partial charge is 0.395 e. The van der Waals surface area contributed by atoms with Crippen molar-refractivity contribution in [3.05, 3.63) is 11.4 Å². The van der Waals surface area contributed by atoms with Gasteiger partial charge in [0.2, 0.25) is 0 Å². The number of nitrogen functional groups attached to an aromatic ring is 1. The van der Waals surface area contributed by atoms with Crippen LogP contribution in [0.2, 0.25) is 0 Å². The van der Waals surface area contributed by atoms with Crippen LogP contribution in [-0.2, 0) is 7.05 Å². The summed E-state index contributed by atoms with van der Waals surface area (Å²) in [7, 11) is 3.81. The third-order valence-corrected chi connectivity index (χ3v) is 3.44. The fraction of sp³-hybridized carbons (Fsp3) is 0.667. The molecule has 1 aliphatic rings. The van der Waals surface area contributed by atoms with Gasteiger partial charge in [0.05, 0.1) is 11.4 Å². The van der Waals surface area contributed by atoms with Crippen LogP contribution in [0.15, 0.2) is 0 Å². The zero-order valence-electron chi connectivity index (χ0n) is 11.2. The highest BCUT2D eigenvalue weighted by molar-refractivity contribution is 5.98. The molecule has 100 valence electrons. The van der Waals surface area contributed by atoms with Gasteiger partial charge in [-0.25, -0.2) is 0 Å². The van der Waals surface area contributed by atoms with Crippen molar-refractivity contribution < 1.29 is 4.79 Å². The molecule has 1 amide bonds. The number of likely N-dealkylation sites (N-methyl/N-ethyl adjacent to an activating group) is 1. The Morgan fingerprint density at radius 1 is 1.50 bits per heavy atom. The van der Waals surface area contributed by atoms with Gasteiger partial charge in [-0.2, -0.15) is 5.10 Å². The molecule has 0 aromatic carbocycles. The second-order valence-electron chi connectivity index (χ2n) is 5.05. The van der Waals surface area contributed by atoms with E-state index in [1.165, 1.54) is 0 Å². The maximum absolute atomic E-state index is 12.2. The maximum atomic E-state index is 12.2. The number of anilines is 1. The molecule has 1 aromatic heterocycles. The molecule has 3 N–H and O–H groups in total. The second-order valence-corrected chi connectivity index (χ2v) is 5.05. The molecule has 18 heavy (non-hydrogen) atoms. The van der Waals surface area contributed by atoms with Gasteiger partial charge in [0.15, 0.2) is 0 Å². The number of nitrogens with one attached hydrogen (secondary N) is 1. The first kappa shape index (κ1) is 12.9. The summed E-state index contributed by atoms with van der Waals surface area (Å²) in [6.45, 7) is 3.79. The summed E-state index contributed by atoms with van der Waals surface area (Å²) in [6, 6.07) is 0.200. The molecule has 1 unspecified atom stereocenters. The van der Waals surface area contributed by atoms with Gasteiger partial charge in [0, 0.05) is 19.6 Å². The Balaban J connectivity index is 2.07. The fourth-order valence-corrected chi connectivity index (χ4v) is 2.48. The predicted molar refractivity (Wildman–Crippen MR) is 70.3 cm³/mol. The van der Waals surface area contributed by atoms with E-state index < -0.39 is 0 Å². The van der Waals surface area contributed by atoms with E-state index in [4.69, 9.17) is 5.73 Å². The maximum Gasteiger partial charge on any atom is 0.271 e. The number of rotatable bonds is 2. The third kappa shape index (κ3) is 2.48. The Kier molecular flexibility index (Phi) is 3.56. The molecule has 1 fully saturated rings. The Bertz CT molecular complexity index is 454. The minimum absolute atomic E-state index is 0.129. The topological polar surface area (TPSA) is 76.2 Å². The number of nitrogens with two attached hydrogens (primary N) is 1. The zero-order chi connectivity index (χ0) is 13.3. The lowest BCUT2D eigenvalue weighted by molar-refractivity contribution is 0.0904. The first-order valence-electron chi connectivity index (χ1n) is 6.27. The van der Waals surface area contributed by atoms with Gasteiger partial charge < -0.3 is 16.0 Å². The molecule has 6 heteroatoms. The number of hydrogen-bond acceptors (Lipinski definition) is 4. The molecule has 0 bridgehead atoms. The van der Waals surface area contributed by atoms with Crippen molar-refractivity contribution in [3.63, 3.8) is 0 Å². The Hall–Kier alpha value is -1.56. The second kappa shape index (κ2) is 4.97. The van der Waals surface area contributed by atoms with Crippen molar-refractivity contribution in [3.8, 4) is 0 Å². The number of piperidine rings is 1. The van der Waals surface area contributed by atoms with Crippen LogP contribution in [0.3, 0.4) is 0 Å². The molecule has 0 aliphatic carbocycles. The van der Waals surface area contributed by atoms with Gasteiger partial charge in [0.25, 0.3) is 5.91 Å². The van der Waals surface area contributed by atoms with Crippen LogP contribution in [0.1, 0.15) is 29.0 Å². The molecular weight excluding hydrogens is 230 g/mol. The Morgan fingerprint density at radius 2 is 2.22 bits per heavy atom. The summed E-state index contributed by atoms with van der Waals surface area (Å²) in [5.74, 6) is -0.129. The van der Waals surface area contributed by atoms with Crippen molar-refractivity contribution in [1.82, 2.24) is 20.0 Å². The van der Waals surface area contributed by atoms with Gasteiger partial charge in [-0.3, -0.25) is 9.48 Å². The van der Waals surface area contributed by atoms with E-state index in [0.717, 1.165) is 25.9 Å². The van der Waals surface area contributed by atoms with Crippen LogP contribution in [0.25, 0.3) is 0 Å². The fourth-order valence-electron chi connectivity index (χ4n) is 2.48. The zero-order valence-corrected chi connectivity index (χ0v) is 11.2. The number of aryl methyl sites for hydroxylation is 2. The van der Waals surface area contributed by atoms with E-state index >= 15 is 0 Å². The van der Waals surface area contributed by atoms with Crippen LogP contribution in [0.4, 0.5) is 5.69 Å². The van der Waals surface area contributed by atoms with E-state index in [9.17, 15) is 4.79 Å². The lowest BCUT2D eigenvalue weighted by Crippen LogP contribution is -2.46. The van der Waals surface area contributed by atoms with Gasteiger partial charge in [0.1, 0.15) is 5.69 Å². The van der Waals surface area contributed by atoms with Gasteiger partial charge >= 0.3 is 0 Å². The van der Waals surface area contributed by atoms with Crippen molar-refractivity contribution in [1.29, 1.82) is 0 Å². The molecule has 0 radical (unpaired) electrons. The number of carbonyl (C=O) groups is 1. The number of carbonyl (C=O) groups excluding carboxylic acids is 1. The highest BCUT2D eigenvalue weighted by Crippen LogP contribution is 2.16. The van der Waals surface area contributed by atoms with Crippen molar-refractivity contribution >= 4 is 11.6 Å². The smallest absolute Gasteiger partial charge is 0.271 e. The van der Waals surface area contributed by atoms with Gasteiger partial charge in [-0.1, -0.05) is 0 Å². The molecule has 1 atom stereocenters. The SMILES string of the molecule is Cc1nn(C)c(C(=O)NC2CCCN(C)C2)c1N.